The molecule has 1 N–H and O–H groups in total. The molecule has 0 aromatic heterocycles. The fraction of sp³-hybridized carbons (Fsp3) is 0.375. The summed E-state index contributed by atoms with van der Waals surface area (Å²) < 4.78 is 14.7. The minimum Gasteiger partial charge on any atom is -0.464 e. The van der Waals surface area contributed by atoms with Gasteiger partial charge in [-0.25, -0.2) is 9.59 Å². The number of hydrogen-bond acceptors (Lipinski definition) is 8. The summed E-state index contributed by atoms with van der Waals surface area (Å²) in [6, 6.07) is 5.44. The van der Waals surface area contributed by atoms with Crippen molar-refractivity contribution in [3.05, 3.63) is 51.3 Å². The number of nitro benzene ring substituents is 1. The molecule has 1 aromatic rings. The van der Waals surface area contributed by atoms with Crippen molar-refractivity contribution in [2.45, 2.75) is 25.6 Å². The van der Waals surface area contributed by atoms with Crippen molar-refractivity contribution in [3.63, 3.8) is 0 Å². The Labute approximate surface area is 142 Å². The fourth-order valence-corrected chi connectivity index (χ4v) is 2.79. The van der Waals surface area contributed by atoms with E-state index in [2.05, 4.69) is 4.74 Å². The molecular formula is C16H17NO8. The van der Waals surface area contributed by atoms with Crippen LogP contribution in [0.3, 0.4) is 0 Å². The summed E-state index contributed by atoms with van der Waals surface area (Å²) in [5, 5.41) is 22.1. The summed E-state index contributed by atoms with van der Waals surface area (Å²) in [6.45, 7) is 2.97. The lowest BCUT2D eigenvalue weighted by molar-refractivity contribution is -0.386. The Bertz CT molecular complexity index is 756. The van der Waals surface area contributed by atoms with Crippen LogP contribution in [0.25, 0.3) is 0 Å². The zero-order valence-electron chi connectivity index (χ0n) is 13.8. The van der Waals surface area contributed by atoms with E-state index >= 15 is 0 Å². The predicted octanol–water partition coefficient (Wildman–Crippen LogP) is 1.41. The van der Waals surface area contributed by atoms with E-state index in [9.17, 15) is 24.8 Å². The van der Waals surface area contributed by atoms with Crippen LogP contribution in [0.15, 0.2) is 35.6 Å². The molecule has 1 heterocycles. The molecule has 0 fully saturated rings. The second kappa shape index (κ2) is 6.89. The maximum Gasteiger partial charge on any atom is 0.380 e. The SMILES string of the molecule is CCOC(=O)C1=C(C)O[C@](O)(C(=O)OC)[C@H]1c1ccccc1[N+](=O)[O-]. The maximum absolute atomic E-state index is 12.3. The normalized spacial score (nSPS) is 22.3. The summed E-state index contributed by atoms with van der Waals surface area (Å²) in [7, 11) is 1.03. The molecule has 134 valence electrons. The number of nitro groups is 1. The lowest BCUT2D eigenvalue weighted by atomic mass is 9.84. The van der Waals surface area contributed by atoms with E-state index in [0.717, 1.165) is 7.11 Å². The molecule has 1 aliphatic heterocycles. The number of carbonyl (C=O) groups is 2. The van der Waals surface area contributed by atoms with E-state index in [-0.39, 0.29) is 29.2 Å². The molecule has 1 aromatic carbocycles. The first-order valence-electron chi connectivity index (χ1n) is 7.38. The van der Waals surface area contributed by atoms with Gasteiger partial charge in [0.15, 0.2) is 0 Å². The predicted molar refractivity (Wildman–Crippen MR) is 83.2 cm³/mol. The number of esters is 2. The summed E-state index contributed by atoms with van der Waals surface area (Å²) >= 11 is 0. The lowest BCUT2D eigenvalue weighted by Gasteiger charge is -2.27. The number of hydrogen-bond donors (Lipinski definition) is 1. The van der Waals surface area contributed by atoms with Gasteiger partial charge < -0.3 is 19.3 Å². The molecule has 0 bridgehead atoms. The summed E-state index contributed by atoms with van der Waals surface area (Å²) in [4.78, 5) is 35.1. The van der Waals surface area contributed by atoms with Gasteiger partial charge in [0.25, 0.3) is 5.69 Å². The van der Waals surface area contributed by atoms with Gasteiger partial charge in [0.2, 0.25) is 0 Å². The van der Waals surface area contributed by atoms with E-state index in [4.69, 9.17) is 9.47 Å². The number of rotatable bonds is 5. The average molecular weight is 351 g/mol. The highest BCUT2D eigenvalue weighted by Crippen LogP contribution is 2.48. The number of aliphatic hydroxyl groups is 1. The number of allylic oxidation sites excluding steroid dienone is 1. The molecule has 0 amide bonds. The summed E-state index contributed by atoms with van der Waals surface area (Å²) in [6.07, 6.45) is 0. The third kappa shape index (κ3) is 3.05. The molecule has 2 rings (SSSR count). The smallest absolute Gasteiger partial charge is 0.380 e. The average Bonchev–Trinajstić information content (AvgIpc) is 2.85. The molecular weight excluding hydrogens is 334 g/mol. The van der Waals surface area contributed by atoms with E-state index < -0.39 is 28.6 Å². The van der Waals surface area contributed by atoms with Crippen LogP contribution in [0.2, 0.25) is 0 Å². The van der Waals surface area contributed by atoms with Gasteiger partial charge in [-0.3, -0.25) is 10.1 Å². The highest BCUT2D eigenvalue weighted by molar-refractivity contribution is 5.95. The van der Waals surface area contributed by atoms with Crippen LogP contribution in [0, 0.1) is 10.1 Å². The van der Waals surface area contributed by atoms with Gasteiger partial charge in [-0.1, -0.05) is 18.2 Å². The van der Waals surface area contributed by atoms with Crippen molar-refractivity contribution in [2.75, 3.05) is 13.7 Å². The highest BCUT2D eigenvalue weighted by atomic mass is 16.7. The molecule has 9 nitrogen and oxygen atoms in total. The monoisotopic (exact) mass is 351 g/mol. The molecule has 0 aliphatic carbocycles. The molecule has 1 aliphatic rings. The van der Waals surface area contributed by atoms with Gasteiger partial charge in [0.1, 0.15) is 11.7 Å². The number of nitrogens with zero attached hydrogens (tertiary/aromatic N) is 1. The van der Waals surface area contributed by atoms with Gasteiger partial charge in [-0.15, -0.1) is 0 Å². The van der Waals surface area contributed by atoms with E-state index in [1.54, 1.807) is 6.92 Å². The van der Waals surface area contributed by atoms with Crippen LogP contribution in [-0.4, -0.2) is 41.5 Å². The van der Waals surface area contributed by atoms with Crippen molar-refractivity contribution in [2.24, 2.45) is 0 Å². The second-order valence-electron chi connectivity index (χ2n) is 5.23. The number of para-hydroxylation sites is 1. The first-order chi connectivity index (χ1) is 11.8. The topological polar surface area (TPSA) is 125 Å². The van der Waals surface area contributed by atoms with Crippen LogP contribution in [-0.2, 0) is 23.8 Å². The van der Waals surface area contributed by atoms with Gasteiger partial charge in [0, 0.05) is 11.6 Å². The van der Waals surface area contributed by atoms with Gasteiger partial charge in [-0.05, 0) is 13.8 Å². The molecule has 0 spiro atoms. The standard InChI is InChI=1S/C16H17NO8/c1-4-24-14(18)12-9(2)25-16(20,15(19)23-3)13(12)10-7-5-6-8-11(10)17(21)22/h5-8,13,20H,4H2,1-3H3/t13-,16-/m0/s1. The van der Waals surface area contributed by atoms with E-state index in [1.807, 2.05) is 0 Å². The molecule has 2 atom stereocenters. The highest BCUT2D eigenvalue weighted by Gasteiger charge is 2.59. The quantitative estimate of drug-likeness (QED) is 0.479. The Morgan fingerprint density at radius 3 is 2.60 bits per heavy atom. The minimum absolute atomic E-state index is 0.0376. The molecule has 25 heavy (non-hydrogen) atoms. The van der Waals surface area contributed by atoms with Crippen LogP contribution in [0.5, 0.6) is 0 Å². The minimum atomic E-state index is -2.62. The summed E-state index contributed by atoms with van der Waals surface area (Å²) in [5.41, 5.74) is -0.626. The zero-order chi connectivity index (χ0) is 18.8. The van der Waals surface area contributed by atoms with E-state index in [1.165, 1.54) is 31.2 Å². The van der Waals surface area contributed by atoms with Crippen molar-refractivity contribution in [1.29, 1.82) is 0 Å². The van der Waals surface area contributed by atoms with Crippen molar-refractivity contribution in [3.8, 4) is 0 Å². The zero-order valence-corrected chi connectivity index (χ0v) is 13.8. The van der Waals surface area contributed by atoms with Gasteiger partial charge in [0.05, 0.1) is 24.2 Å². The molecule has 0 saturated carbocycles. The third-order valence-electron chi connectivity index (χ3n) is 3.79. The van der Waals surface area contributed by atoms with Crippen molar-refractivity contribution >= 4 is 17.6 Å². The number of ether oxygens (including phenoxy) is 3. The fourth-order valence-electron chi connectivity index (χ4n) is 2.79. The maximum atomic E-state index is 12.3. The largest absolute Gasteiger partial charge is 0.464 e. The van der Waals surface area contributed by atoms with Crippen LogP contribution in [0.4, 0.5) is 5.69 Å². The second-order valence-corrected chi connectivity index (χ2v) is 5.23. The van der Waals surface area contributed by atoms with Crippen LogP contribution >= 0.6 is 0 Å². The third-order valence-corrected chi connectivity index (χ3v) is 3.79. The summed E-state index contributed by atoms with van der Waals surface area (Å²) in [5.74, 6) is -6.19. The van der Waals surface area contributed by atoms with Crippen molar-refractivity contribution in [1.82, 2.24) is 0 Å². The van der Waals surface area contributed by atoms with Gasteiger partial charge in [-0.2, -0.15) is 0 Å². The lowest BCUT2D eigenvalue weighted by Crippen LogP contribution is -2.45. The Kier molecular flexibility index (Phi) is 5.07. The molecule has 0 saturated heterocycles. The Morgan fingerprint density at radius 2 is 2.04 bits per heavy atom. The Balaban J connectivity index is 2.70. The molecule has 0 unspecified atom stereocenters. The Hall–Kier alpha value is -2.94. The molecule has 9 heteroatoms. The Morgan fingerprint density at radius 1 is 1.40 bits per heavy atom. The van der Waals surface area contributed by atoms with Crippen LogP contribution in [0.1, 0.15) is 25.3 Å². The van der Waals surface area contributed by atoms with Crippen LogP contribution < -0.4 is 0 Å². The number of benzene rings is 1. The first-order valence-corrected chi connectivity index (χ1v) is 7.38. The number of methoxy groups -OCH3 is 1. The van der Waals surface area contributed by atoms with Crippen molar-refractivity contribution < 1.29 is 33.8 Å². The number of carbonyl (C=O) groups excluding carboxylic acids is 2. The van der Waals surface area contributed by atoms with E-state index in [0.29, 0.717) is 0 Å². The first kappa shape index (κ1) is 18.4. The van der Waals surface area contributed by atoms with Gasteiger partial charge >= 0.3 is 17.7 Å². The molecule has 0 radical (unpaired) electrons.